The van der Waals surface area contributed by atoms with Crippen LogP contribution in [0.15, 0.2) is 18.3 Å². The molecule has 0 spiro atoms. The van der Waals surface area contributed by atoms with Crippen molar-refractivity contribution in [2.75, 3.05) is 7.05 Å². The fourth-order valence-corrected chi connectivity index (χ4v) is 3.66. The molecule has 2 aromatic rings. The maximum absolute atomic E-state index is 9.33. The van der Waals surface area contributed by atoms with Gasteiger partial charge < -0.3 is 15.5 Å². The molecule has 0 aliphatic heterocycles. The minimum atomic E-state index is 0.413. The Balaban J connectivity index is 1.82. The zero-order valence-corrected chi connectivity index (χ0v) is 16.5. The number of hydrogen-bond acceptors (Lipinski definition) is 5. The normalized spacial score (nSPS) is 16.6. The van der Waals surface area contributed by atoms with Gasteiger partial charge in [-0.3, -0.25) is 0 Å². The van der Waals surface area contributed by atoms with Gasteiger partial charge in [-0.15, -0.1) is 0 Å². The van der Waals surface area contributed by atoms with Gasteiger partial charge in [-0.1, -0.05) is 0 Å². The van der Waals surface area contributed by atoms with Crippen molar-refractivity contribution in [1.82, 2.24) is 15.1 Å². The maximum Gasteiger partial charge on any atom is 0.172 e. The van der Waals surface area contributed by atoms with E-state index in [1.165, 1.54) is 6.21 Å². The molecule has 0 radical (unpaired) electrons. The van der Waals surface area contributed by atoms with E-state index in [9.17, 15) is 5.26 Å². The van der Waals surface area contributed by atoms with E-state index in [0.29, 0.717) is 23.1 Å². The van der Waals surface area contributed by atoms with Crippen LogP contribution in [0.3, 0.4) is 0 Å². The molecule has 1 aromatic heterocycles. The molecule has 6 nitrogen and oxygen atoms in total. The first-order valence-corrected chi connectivity index (χ1v) is 9.77. The molecule has 1 heterocycles. The average molecular weight is 375 g/mol. The van der Waals surface area contributed by atoms with Crippen LogP contribution >= 0.6 is 0 Å². The van der Waals surface area contributed by atoms with Gasteiger partial charge in [-0.25, -0.2) is 4.68 Å². The molecule has 0 atom stereocenters. The third kappa shape index (κ3) is 3.29. The Hall–Kier alpha value is -3.07. The molecule has 144 valence electrons. The summed E-state index contributed by atoms with van der Waals surface area (Å²) in [5.74, 6) is 2.43. The van der Waals surface area contributed by atoms with E-state index in [0.717, 1.165) is 59.7 Å². The monoisotopic (exact) mass is 375 g/mol. The molecule has 4 rings (SSSR count). The summed E-state index contributed by atoms with van der Waals surface area (Å²) in [4.78, 5) is 0. The van der Waals surface area contributed by atoms with E-state index in [2.05, 4.69) is 11.4 Å². The van der Waals surface area contributed by atoms with E-state index in [1.807, 2.05) is 37.7 Å². The van der Waals surface area contributed by atoms with E-state index in [1.54, 1.807) is 6.20 Å². The van der Waals surface area contributed by atoms with Crippen molar-refractivity contribution in [2.45, 2.75) is 51.4 Å². The molecule has 6 heteroatoms. The first-order valence-electron chi connectivity index (χ1n) is 9.77. The zero-order chi connectivity index (χ0) is 19.8. The molecule has 1 aromatic carbocycles. The van der Waals surface area contributed by atoms with Gasteiger partial charge in [0.05, 0.1) is 23.0 Å². The fraction of sp³-hybridized carbons (Fsp3) is 0.409. The highest BCUT2D eigenvalue weighted by atomic mass is 16.5. The lowest BCUT2D eigenvalue weighted by atomic mass is 10.0. The van der Waals surface area contributed by atoms with Crippen LogP contribution in [0, 0.1) is 30.6 Å². The molecular weight excluding hydrogens is 350 g/mol. The van der Waals surface area contributed by atoms with Crippen LogP contribution in [0.5, 0.6) is 11.5 Å². The number of rotatable bonds is 7. The van der Waals surface area contributed by atoms with Gasteiger partial charge in [0.25, 0.3) is 0 Å². The molecule has 2 fully saturated rings. The van der Waals surface area contributed by atoms with E-state index in [-0.39, 0.29) is 0 Å². The second kappa shape index (κ2) is 7.16. The fourth-order valence-electron chi connectivity index (χ4n) is 3.66. The maximum atomic E-state index is 9.33. The van der Waals surface area contributed by atoms with Crippen LogP contribution in [0.1, 0.15) is 65.6 Å². The van der Waals surface area contributed by atoms with Gasteiger partial charge in [-0.2, -0.15) is 10.4 Å². The number of aromatic nitrogens is 2. The highest BCUT2D eigenvalue weighted by Crippen LogP contribution is 2.52. The number of nitriles is 1. The summed E-state index contributed by atoms with van der Waals surface area (Å²) in [6, 6.07) is 6.12. The summed E-state index contributed by atoms with van der Waals surface area (Å²) >= 11 is 0. The van der Waals surface area contributed by atoms with Gasteiger partial charge in [0.15, 0.2) is 5.75 Å². The molecule has 28 heavy (non-hydrogen) atoms. The largest absolute Gasteiger partial charge is 0.453 e. The molecule has 2 aliphatic carbocycles. The number of allylic oxidation sites excluding steroid dienone is 1. The van der Waals surface area contributed by atoms with E-state index in [4.69, 9.17) is 15.2 Å². The van der Waals surface area contributed by atoms with E-state index >= 15 is 0 Å². The summed E-state index contributed by atoms with van der Waals surface area (Å²) < 4.78 is 8.32. The first kappa shape index (κ1) is 18.3. The van der Waals surface area contributed by atoms with Crippen molar-refractivity contribution < 1.29 is 4.74 Å². The molecule has 0 bridgehead atoms. The summed E-state index contributed by atoms with van der Waals surface area (Å²) in [6.07, 6.45) is 7.59. The van der Waals surface area contributed by atoms with Crippen molar-refractivity contribution in [2.24, 2.45) is 0 Å². The lowest BCUT2D eigenvalue weighted by Gasteiger charge is -2.12. The van der Waals surface area contributed by atoms with Crippen molar-refractivity contribution in [3.63, 3.8) is 0 Å². The van der Waals surface area contributed by atoms with Crippen LogP contribution in [0.2, 0.25) is 0 Å². The molecular formula is C22H25N5O. The standard InChI is InChI=1S/C22H25N5O/c1-13-8-18(9-14(2)19(13)11-24)28-22-20(15-4-5-15)26-27(17(10-23)12-25-3)21(22)16-6-7-16/h8-10,12,15-16,23,25H,4-7H2,1-3H3/b17-12+,23-10?. The third-order valence-corrected chi connectivity index (χ3v) is 5.35. The number of nitrogens with one attached hydrogen (secondary N) is 2. The molecule has 2 N–H and O–H groups in total. The van der Waals surface area contributed by atoms with Crippen LogP contribution < -0.4 is 10.1 Å². The second-order valence-electron chi connectivity index (χ2n) is 7.71. The number of benzene rings is 1. The lowest BCUT2D eigenvalue weighted by Crippen LogP contribution is -2.08. The smallest absolute Gasteiger partial charge is 0.172 e. The average Bonchev–Trinajstić information content (AvgIpc) is 3.58. The first-order chi connectivity index (χ1) is 13.6. The van der Waals surface area contributed by atoms with Crippen LogP contribution in [0.4, 0.5) is 0 Å². The summed E-state index contributed by atoms with van der Waals surface area (Å²) in [5.41, 5.74) is 5.29. The van der Waals surface area contributed by atoms with Crippen LogP contribution in [-0.4, -0.2) is 23.0 Å². The summed E-state index contributed by atoms with van der Waals surface area (Å²) in [5, 5.41) is 25.0. The topological polar surface area (TPSA) is 86.7 Å². The minimum absolute atomic E-state index is 0.413. The Morgan fingerprint density at radius 3 is 2.39 bits per heavy atom. The van der Waals surface area contributed by atoms with Gasteiger partial charge >= 0.3 is 0 Å². The molecule has 2 saturated carbocycles. The molecule has 0 saturated heterocycles. The molecule has 0 unspecified atom stereocenters. The number of ether oxygens (including phenoxy) is 1. The Bertz CT molecular complexity index is 980. The van der Waals surface area contributed by atoms with Crippen LogP contribution in [0.25, 0.3) is 5.70 Å². The highest BCUT2D eigenvalue weighted by Gasteiger charge is 2.39. The van der Waals surface area contributed by atoms with Gasteiger partial charge in [0.2, 0.25) is 0 Å². The predicted octanol–water partition coefficient (Wildman–Crippen LogP) is 4.59. The SMILES string of the molecule is CN/C=C(\C=N)n1nc(C2CC2)c(Oc2cc(C)c(C#N)c(C)c2)c1C1CC1. The van der Waals surface area contributed by atoms with E-state index < -0.39 is 0 Å². The highest BCUT2D eigenvalue weighted by molar-refractivity contribution is 6.00. The summed E-state index contributed by atoms with van der Waals surface area (Å²) in [6.45, 7) is 3.88. The Morgan fingerprint density at radius 2 is 1.89 bits per heavy atom. The lowest BCUT2D eigenvalue weighted by molar-refractivity contribution is 0.469. The van der Waals surface area contributed by atoms with Crippen molar-refractivity contribution in [1.29, 1.82) is 10.7 Å². The predicted molar refractivity (Wildman–Crippen MR) is 109 cm³/mol. The molecule has 2 aliphatic rings. The Morgan fingerprint density at radius 1 is 1.25 bits per heavy atom. The van der Waals surface area contributed by atoms with Crippen molar-refractivity contribution >= 4 is 11.9 Å². The van der Waals surface area contributed by atoms with Crippen molar-refractivity contribution in [3.05, 3.63) is 46.4 Å². The number of hydrogen-bond donors (Lipinski definition) is 2. The minimum Gasteiger partial charge on any atom is -0.453 e. The quantitative estimate of drug-likeness (QED) is 0.693. The number of nitrogens with zero attached hydrogens (tertiary/aromatic N) is 3. The van der Waals surface area contributed by atoms with Gasteiger partial charge in [-0.05, 0) is 62.8 Å². The Kier molecular flexibility index (Phi) is 4.68. The second-order valence-corrected chi connectivity index (χ2v) is 7.71. The summed E-state index contributed by atoms with van der Waals surface area (Å²) in [7, 11) is 1.82. The zero-order valence-electron chi connectivity index (χ0n) is 16.5. The van der Waals surface area contributed by atoms with Crippen LogP contribution in [-0.2, 0) is 0 Å². The Labute approximate surface area is 165 Å². The molecule has 0 amide bonds. The number of aryl methyl sites for hydroxylation is 2. The van der Waals surface area contributed by atoms with Crippen molar-refractivity contribution in [3.8, 4) is 17.6 Å². The van der Waals surface area contributed by atoms with Gasteiger partial charge in [0.1, 0.15) is 11.4 Å². The van der Waals surface area contributed by atoms with Gasteiger partial charge in [0, 0.05) is 31.3 Å². The third-order valence-electron chi connectivity index (χ3n) is 5.35.